The maximum atomic E-state index is 11.9. The third-order valence-electron chi connectivity index (χ3n) is 3.58. The second-order valence-electron chi connectivity index (χ2n) is 6.56. The fourth-order valence-electron chi connectivity index (χ4n) is 2.20. The predicted molar refractivity (Wildman–Crippen MR) is 82.0 cm³/mol. The van der Waals surface area contributed by atoms with Crippen LogP contribution in [0.25, 0.3) is 0 Å². The molecule has 0 unspecified atom stereocenters. The van der Waals surface area contributed by atoms with Gasteiger partial charge in [-0.3, -0.25) is 4.90 Å². The summed E-state index contributed by atoms with van der Waals surface area (Å²) in [6.45, 7) is 14.7. The second kappa shape index (κ2) is 7.84. The molecule has 0 bridgehead atoms. The standard InChI is InChI=1S/C15H31N3O2/c1-6-16(5)8-7-9-17-10-12-18(13-11-17)14(19)20-15(2,3)4/h6-13H2,1-5H3. The molecule has 1 heterocycles. The van der Waals surface area contributed by atoms with Crippen LogP contribution in [-0.2, 0) is 4.74 Å². The van der Waals surface area contributed by atoms with Crippen molar-refractivity contribution in [3.05, 3.63) is 0 Å². The first kappa shape index (κ1) is 17.2. The minimum atomic E-state index is -0.404. The predicted octanol–water partition coefficient (Wildman–Crippen LogP) is 1.88. The summed E-state index contributed by atoms with van der Waals surface area (Å²) in [5.41, 5.74) is -0.404. The minimum Gasteiger partial charge on any atom is -0.444 e. The molecule has 1 saturated heterocycles. The van der Waals surface area contributed by atoms with Crippen molar-refractivity contribution in [2.24, 2.45) is 0 Å². The summed E-state index contributed by atoms with van der Waals surface area (Å²) in [5, 5.41) is 0. The van der Waals surface area contributed by atoms with Gasteiger partial charge in [0, 0.05) is 26.2 Å². The normalized spacial score (nSPS) is 17.6. The molecule has 0 N–H and O–H groups in total. The summed E-state index contributed by atoms with van der Waals surface area (Å²) in [6.07, 6.45) is 1.01. The van der Waals surface area contributed by atoms with Gasteiger partial charge in [0.1, 0.15) is 5.60 Å². The fraction of sp³-hybridized carbons (Fsp3) is 0.933. The van der Waals surface area contributed by atoms with Crippen LogP contribution in [0.3, 0.4) is 0 Å². The Morgan fingerprint density at radius 1 is 1.20 bits per heavy atom. The molecule has 0 radical (unpaired) electrons. The van der Waals surface area contributed by atoms with E-state index in [4.69, 9.17) is 4.74 Å². The molecule has 0 aromatic heterocycles. The lowest BCUT2D eigenvalue weighted by atomic mass is 10.2. The van der Waals surface area contributed by atoms with Gasteiger partial charge in [0.2, 0.25) is 0 Å². The van der Waals surface area contributed by atoms with E-state index in [1.165, 1.54) is 6.42 Å². The van der Waals surface area contributed by atoms with Crippen molar-refractivity contribution in [2.45, 2.75) is 39.7 Å². The van der Waals surface area contributed by atoms with Crippen LogP contribution < -0.4 is 0 Å². The Kier molecular flexibility index (Phi) is 6.76. The second-order valence-corrected chi connectivity index (χ2v) is 6.56. The number of carbonyl (C=O) groups is 1. The number of nitrogens with zero attached hydrogens (tertiary/aromatic N) is 3. The van der Waals surface area contributed by atoms with E-state index in [2.05, 4.69) is 23.8 Å². The topological polar surface area (TPSA) is 36.0 Å². The summed E-state index contributed by atoms with van der Waals surface area (Å²) in [7, 11) is 2.15. The number of hydrogen-bond acceptors (Lipinski definition) is 4. The van der Waals surface area contributed by atoms with E-state index < -0.39 is 5.60 Å². The van der Waals surface area contributed by atoms with Crippen LogP contribution in [0.4, 0.5) is 4.79 Å². The van der Waals surface area contributed by atoms with Crippen molar-refractivity contribution in [1.82, 2.24) is 14.7 Å². The van der Waals surface area contributed by atoms with Crippen LogP contribution in [0.2, 0.25) is 0 Å². The highest BCUT2D eigenvalue weighted by Gasteiger charge is 2.25. The summed E-state index contributed by atoms with van der Waals surface area (Å²) in [6, 6.07) is 0. The van der Waals surface area contributed by atoms with Crippen molar-refractivity contribution in [1.29, 1.82) is 0 Å². The van der Waals surface area contributed by atoms with E-state index in [1.807, 2.05) is 25.7 Å². The number of piperazine rings is 1. The first-order chi connectivity index (χ1) is 9.31. The molecule has 1 amide bonds. The smallest absolute Gasteiger partial charge is 0.410 e. The van der Waals surface area contributed by atoms with Crippen LogP contribution in [0, 0.1) is 0 Å². The van der Waals surface area contributed by atoms with E-state index in [9.17, 15) is 4.79 Å². The Morgan fingerprint density at radius 3 is 2.30 bits per heavy atom. The van der Waals surface area contributed by atoms with Crippen molar-refractivity contribution < 1.29 is 9.53 Å². The van der Waals surface area contributed by atoms with Gasteiger partial charge in [0.05, 0.1) is 0 Å². The Morgan fingerprint density at radius 2 is 1.80 bits per heavy atom. The van der Waals surface area contributed by atoms with Crippen molar-refractivity contribution in [3.63, 3.8) is 0 Å². The zero-order valence-corrected chi connectivity index (χ0v) is 13.8. The van der Waals surface area contributed by atoms with Crippen LogP contribution in [0.1, 0.15) is 34.1 Å². The molecule has 5 heteroatoms. The quantitative estimate of drug-likeness (QED) is 0.773. The number of carbonyl (C=O) groups excluding carboxylic acids is 1. The molecule has 0 aromatic carbocycles. The van der Waals surface area contributed by atoms with Crippen molar-refractivity contribution >= 4 is 6.09 Å². The summed E-state index contributed by atoms with van der Waals surface area (Å²) < 4.78 is 5.40. The molecule has 0 aliphatic carbocycles. The van der Waals surface area contributed by atoms with Gasteiger partial charge < -0.3 is 14.5 Å². The zero-order valence-electron chi connectivity index (χ0n) is 13.8. The largest absolute Gasteiger partial charge is 0.444 e. The number of hydrogen-bond donors (Lipinski definition) is 0. The van der Waals surface area contributed by atoms with Gasteiger partial charge in [-0.25, -0.2) is 4.79 Å². The van der Waals surface area contributed by atoms with E-state index >= 15 is 0 Å². The Hall–Kier alpha value is -0.810. The highest BCUT2D eigenvalue weighted by molar-refractivity contribution is 5.68. The van der Waals surface area contributed by atoms with Crippen molar-refractivity contribution in [2.75, 3.05) is 52.9 Å². The maximum Gasteiger partial charge on any atom is 0.410 e. The molecular weight excluding hydrogens is 254 g/mol. The molecule has 5 nitrogen and oxygen atoms in total. The Bertz CT molecular complexity index is 294. The summed E-state index contributed by atoms with van der Waals surface area (Å²) >= 11 is 0. The zero-order chi connectivity index (χ0) is 15.2. The average molecular weight is 285 g/mol. The number of ether oxygens (including phenoxy) is 1. The summed E-state index contributed by atoms with van der Waals surface area (Å²) in [5.74, 6) is 0. The van der Waals surface area contributed by atoms with Crippen LogP contribution >= 0.6 is 0 Å². The monoisotopic (exact) mass is 285 g/mol. The van der Waals surface area contributed by atoms with Gasteiger partial charge in [-0.1, -0.05) is 6.92 Å². The fourth-order valence-corrected chi connectivity index (χ4v) is 2.20. The van der Waals surface area contributed by atoms with Crippen LogP contribution in [0.15, 0.2) is 0 Å². The minimum absolute atomic E-state index is 0.178. The number of rotatable bonds is 5. The Labute approximate surface area is 123 Å². The molecule has 0 atom stereocenters. The molecule has 0 aromatic rings. The van der Waals surface area contributed by atoms with E-state index in [0.717, 1.165) is 45.8 Å². The van der Waals surface area contributed by atoms with Gasteiger partial charge in [-0.2, -0.15) is 0 Å². The van der Waals surface area contributed by atoms with E-state index in [-0.39, 0.29) is 6.09 Å². The lowest BCUT2D eigenvalue weighted by Crippen LogP contribution is -2.50. The van der Waals surface area contributed by atoms with E-state index in [1.54, 1.807) is 0 Å². The molecular formula is C15H31N3O2. The Balaban J connectivity index is 2.21. The molecule has 20 heavy (non-hydrogen) atoms. The van der Waals surface area contributed by atoms with Gasteiger partial charge in [-0.05, 0) is 53.9 Å². The molecule has 0 saturated carbocycles. The van der Waals surface area contributed by atoms with Gasteiger partial charge in [0.25, 0.3) is 0 Å². The highest BCUT2D eigenvalue weighted by Crippen LogP contribution is 2.11. The molecule has 0 spiro atoms. The molecule has 1 rings (SSSR count). The van der Waals surface area contributed by atoms with Gasteiger partial charge >= 0.3 is 6.09 Å². The SMILES string of the molecule is CCN(C)CCCN1CCN(C(=O)OC(C)(C)C)CC1. The molecule has 1 fully saturated rings. The third-order valence-corrected chi connectivity index (χ3v) is 3.58. The lowest BCUT2D eigenvalue weighted by molar-refractivity contribution is 0.0143. The number of amides is 1. The first-order valence-corrected chi connectivity index (χ1v) is 7.70. The van der Waals surface area contributed by atoms with Crippen LogP contribution in [-0.4, -0.2) is 79.3 Å². The van der Waals surface area contributed by atoms with Gasteiger partial charge in [0.15, 0.2) is 0 Å². The van der Waals surface area contributed by atoms with Crippen LogP contribution in [0.5, 0.6) is 0 Å². The third kappa shape index (κ3) is 6.57. The first-order valence-electron chi connectivity index (χ1n) is 7.70. The van der Waals surface area contributed by atoms with Crippen molar-refractivity contribution in [3.8, 4) is 0 Å². The van der Waals surface area contributed by atoms with E-state index in [0.29, 0.717) is 0 Å². The molecule has 1 aliphatic heterocycles. The highest BCUT2D eigenvalue weighted by atomic mass is 16.6. The molecule has 1 aliphatic rings. The lowest BCUT2D eigenvalue weighted by Gasteiger charge is -2.35. The maximum absolute atomic E-state index is 11.9. The molecule has 118 valence electrons. The average Bonchev–Trinajstić information content (AvgIpc) is 2.37. The summed E-state index contributed by atoms with van der Waals surface area (Å²) in [4.78, 5) is 18.5. The van der Waals surface area contributed by atoms with Gasteiger partial charge in [-0.15, -0.1) is 0 Å².